The van der Waals surface area contributed by atoms with Gasteiger partial charge in [-0.3, -0.25) is 0 Å². The molecule has 3 heteroatoms. The van der Waals surface area contributed by atoms with Crippen LogP contribution in [0.15, 0.2) is 36.3 Å². The minimum absolute atomic E-state index is 0.242. The number of ether oxygens (including phenoxy) is 1. The minimum Gasteiger partial charge on any atom is -0.469 e. The van der Waals surface area contributed by atoms with Crippen molar-refractivity contribution in [1.82, 2.24) is 0 Å². The van der Waals surface area contributed by atoms with E-state index in [1.807, 2.05) is 13.2 Å². The summed E-state index contributed by atoms with van der Waals surface area (Å²) in [6, 6.07) is 0. The van der Waals surface area contributed by atoms with Crippen LogP contribution < -0.4 is 0 Å². The van der Waals surface area contributed by atoms with Crippen LogP contribution in [0.25, 0.3) is 0 Å². The fourth-order valence-corrected chi connectivity index (χ4v) is 3.65. The zero-order chi connectivity index (χ0) is 21.0. The number of allylic oxidation sites excluding steroid dienone is 5. The highest BCUT2D eigenvalue weighted by Crippen LogP contribution is 2.27. The molecule has 0 saturated carbocycles. The van der Waals surface area contributed by atoms with Crippen LogP contribution >= 0.6 is 0 Å². The second-order valence-corrected chi connectivity index (χ2v) is 9.34. The molecule has 1 rings (SSSR count). The van der Waals surface area contributed by atoms with E-state index >= 15 is 0 Å². The first-order valence-electron chi connectivity index (χ1n) is 11.3. The van der Waals surface area contributed by atoms with Gasteiger partial charge in [0.2, 0.25) is 0 Å². The van der Waals surface area contributed by atoms with Gasteiger partial charge < -0.3 is 14.9 Å². The molecule has 0 spiro atoms. The first kappa shape index (κ1) is 25.0. The van der Waals surface area contributed by atoms with Crippen LogP contribution in [0.1, 0.15) is 86.0 Å². The molecule has 0 heterocycles. The Morgan fingerprint density at radius 2 is 1.75 bits per heavy atom. The van der Waals surface area contributed by atoms with E-state index in [0.29, 0.717) is 23.7 Å². The third-order valence-corrected chi connectivity index (χ3v) is 6.18. The quantitative estimate of drug-likeness (QED) is 0.337. The van der Waals surface area contributed by atoms with E-state index in [-0.39, 0.29) is 6.61 Å². The lowest BCUT2D eigenvalue weighted by atomic mass is 9.89. The summed E-state index contributed by atoms with van der Waals surface area (Å²) in [6.45, 7) is 11.0. The molecule has 2 N–H and O–H groups in total. The Hall–Kier alpha value is -1.06. The van der Waals surface area contributed by atoms with E-state index in [1.54, 1.807) is 0 Å². The fraction of sp³-hybridized carbons (Fsp3) is 0.760. The maximum Gasteiger partial charge on any atom is 0.106 e. The van der Waals surface area contributed by atoms with Gasteiger partial charge in [0.25, 0.3) is 0 Å². The minimum atomic E-state index is -0.571. The molecule has 0 bridgehead atoms. The molecular formula is C25H44O3. The number of hydrogen-bond donors (Lipinski definition) is 2. The number of hydrogen-bond acceptors (Lipinski definition) is 3. The summed E-state index contributed by atoms with van der Waals surface area (Å²) in [5.74, 6) is 3.02. The van der Waals surface area contributed by atoms with Crippen LogP contribution in [0.5, 0.6) is 0 Å². The number of aliphatic hydroxyl groups excluding tert-OH is 1. The molecule has 1 aliphatic rings. The molecular weight excluding hydrogens is 348 g/mol. The summed E-state index contributed by atoms with van der Waals surface area (Å²) in [5.41, 5.74) is -0.571. The van der Waals surface area contributed by atoms with Gasteiger partial charge in [0.05, 0.1) is 11.9 Å². The monoisotopic (exact) mass is 392 g/mol. The van der Waals surface area contributed by atoms with E-state index in [9.17, 15) is 5.11 Å². The normalized spacial score (nSPS) is 24.0. The SMILES string of the molecule is CC(CO)CCCC(C)(O)CCCC(C)CC/C=C/OC1=CC=CC(C)C1C. The predicted molar refractivity (Wildman–Crippen MR) is 119 cm³/mol. The van der Waals surface area contributed by atoms with Gasteiger partial charge in [0, 0.05) is 12.5 Å². The van der Waals surface area contributed by atoms with Crippen molar-refractivity contribution in [2.75, 3.05) is 6.61 Å². The van der Waals surface area contributed by atoms with Crippen molar-refractivity contribution in [2.24, 2.45) is 23.7 Å². The van der Waals surface area contributed by atoms with Crippen LogP contribution in [-0.2, 0) is 4.74 Å². The molecule has 28 heavy (non-hydrogen) atoms. The van der Waals surface area contributed by atoms with Gasteiger partial charge in [0.1, 0.15) is 5.76 Å². The van der Waals surface area contributed by atoms with Crippen molar-refractivity contribution in [1.29, 1.82) is 0 Å². The van der Waals surface area contributed by atoms with Gasteiger partial charge in [-0.1, -0.05) is 59.1 Å². The molecule has 0 radical (unpaired) electrons. The Bertz CT molecular complexity index is 504. The smallest absolute Gasteiger partial charge is 0.106 e. The van der Waals surface area contributed by atoms with Crippen molar-refractivity contribution >= 4 is 0 Å². The fourth-order valence-electron chi connectivity index (χ4n) is 3.65. The third-order valence-electron chi connectivity index (χ3n) is 6.18. The van der Waals surface area contributed by atoms with E-state index in [4.69, 9.17) is 9.84 Å². The van der Waals surface area contributed by atoms with Gasteiger partial charge in [-0.2, -0.15) is 0 Å². The highest BCUT2D eigenvalue weighted by molar-refractivity contribution is 5.18. The Kier molecular flexibility index (Phi) is 11.8. The second kappa shape index (κ2) is 13.2. The lowest BCUT2D eigenvalue weighted by Crippen LogP contribution is -2.24. The Morgan fingerprint density at radius 1 is 1.11 bits per heavy atom. The predicted octanol–water partition coefficient (Wildman–Crippen LogP) is 6.38. The Labute approximate surface area is 173 Å². The first-order valence-corrected chi connectivity index (χ1v) is 11.3. The van der Waals surface area contributed by atoms with Gasteiger partial charge in [-0.25, -0.2) is 0 Å². The molecule has 162 valence electrons. The topological polar surface area (TPSA) is 49.7 Å². The van der Waals surface area contributed by atoms with Gasteiger partial charge in [-0.05, 0) is 68.9 Å². The van der Waals surface area contributed by atoms with Crippen molar-refractivity contribution in [3.8, 4) is 0 Å². The van der Waals surface area contributed by atoms with Crippen molar-refractivity contribution in [3.63, 3.8) is 0 Å². The molecule has 0 aliphatic heterocycles. The van der Waals surface area contributed by atoms with Gasteiger partial charge in [-0.15, -0.1) is 0 Å². The van der Waals surface area contributed by atoms with Gasteiger partial charge in [0.15, 0.2) is 0 Å². The zero-order valence-corrected chi connectivity index (χ0v) is 18.9. The van der Waals surface area contributed by atoms with Crippen LogP contribution in [0.3, 0.4) is 0 Å². The zero-order valence-electron chi connectivity index (χ0n) is 18.9. The molecule has 1 aliphatic carbocycles. The molecule has 5 atom stereocenters. The van der Waals surface area contributed by atoms with E-state index < -0.39 is 5.60 Å². The summed E-state index contributed by atoms with van der Waals surface area (Å²) in [5, 5.41) is 19.6. The molecule has 3 nitrogen and oxygen atoms in total. The van der Waals surface area contributed by atoms with Crippen molar-refractivity contribution < 1.29 is 14.9 Å². The maximum absolute atomic E-state index is 10.5. The molecule has 0 fully saturated rings. The average molecular weight is 393 g/mol. The van der Waals surface area contributed by atoms with E-state index in [1.165, 1.54) is 0 Å². The summed E-state index contributed by atoms with van der Waals surface area (Å²) < 4.78 is 5.82. The average Bonchev–Trinajstić information content (AvgIpc) is 2.64. The van der Waals surface area contributed by atoms with Crippen LogP contribution in [0.2, 0.25) is 0 Å². The number of rotatable bonds is 14. The van der Waals surface area contributed by atoms with Crippen LogP contribution in [0, 0.1) is 23.7 Å². The maximum atomic E-state index is 10.5. The first-order chi connectivity index (χ1) is 13.2. The van der Waals surface area contributed by atoms with Gasteiger partial charge >= 0.3 is 0 Å². The summed E-state index contributed by atoms with van der Waals surface area (Å²) in [4.78, 5) is 0. The Morgan fingerprint density at radius 3 is 2.39 bits per heavy atom. The summed E-state index contributed by atoms with van der Waals surface area (Å²) in [7, 11) is 0. The van der Waals surface area contributed by atoms with Crippen LogP contribution in [0.4, 0.5) is 0 Å². The van der Waals surface area contributed by atoms with Crippen molar-refractivity contribution in [3.05, 3.63) is 36.3 Å². The van der Waals surface area contributed by atoms with Crippen LogP contribution in [-0.4, -0.2) is 22.4 Å². The number of aliphatic hydroxyl groups is 2. The third kappa shape index (κ3) is 10.5. The summed E-state index contributed by atoms with van der Waals surface area (Å²) in [6.07, 6.45) is 18.4. The standard InChI is InChI=1S/C25H44O3/c1-20(12-9-16-25(5,27)17-10-13-21(2)19-26)11-6-7-18-28-24-15-8-14-22(3)23(24)4/h7-8,14-15,18,20-23,26-27H,6,9-13,16-17,19H2,1-5H3/b18-7+. The van der Waals surface area contributed by atoms with Crippen molar-refractivity contribution in [2.45, 2.75) is 91.6 Å². The van der Waals surface area contributed by atoms with E-state index in [0.717, 1.165) is 57.1 Å². The molecule has 0 aromatic heterocycles. The Balaban J connectivity index is 2.13. The molecule has 0 amide bonds. The second-order valence-electron chi connectivity index (χ2n) is 9.34. The lowest BCUT2D eigenvalue weighted by Gasteiger charge is -2.24. The lowest BCUT2D eigenvalue weighted by molar-refractivity contribution is 0.0341. The molecule has 0 saturated heterocycles. The molecule has 0 aromatic rings. The molecule has 5 unspecified atom stereocenters. The highest BCUT2D eigenvalue weighted by Gasteiger charge is 2.20. The van der Waals surface area contributed by atoms with E-state index in [2.05, 4.69) is 52.0 Å². The summed E-state index contributed by atoms with van der Waals surface area (Å²) >= 11 is 0. The highest BCUT2D eigenvalue weighted by atomic mass is 16.5. The molecule has 0 aromatic carbocycles. The largest absolute Gasteiger partial charge is 0.469 e.